The summed E-state index contributed by atoms with van der Waals surface area (Å²) in [4.78, 5) is 17.2. The zero-order valence-corrected chi connectivity index (χ0v) is 12.6. The van der Waals surface area contributed by atoms with Gasteiger partial charge in [-0.1, -0.05) is 18.5 Å². The molecule has 4 nitrogen and oxygen atoms in total. The third-order valence-corrected chi connectivity index (χ3v) is 5.49. The van der Waals surface area contributed by atoms with Gasteiger partial charge in [-0.15, -0.1) is 0 Å². The molecule has 2 bridgehead atoms. The van der Waals surface area contributed by atoms with Crippen LogP contribution in [-0.4, -0.2) is 34.0 Å². The lowest BCUT2D eigenvalue weighted by atomic mass is 9.73. The summed E-state index contributed by atoms with van der Waals surface area (Å²) in [5.74, 6) is -0.777. The van der Waals surface area contributed by atoms with Crippen molar-refractivity contribution >= 4 is 28.5 Å². The first-order valence-electron chi connectivity index (χ1n) is 7.34. The molecule has 1 saturated heterocycles. The van der Waals surface area contributed by atoms with Crippen LogP contribution in [0.4, 0.5) is 0 Å². The van der Waals surface area contributed by atoms with Crippen LogP contribution in [0.2, 0.25) is 5.02 Å². The molecule has 2 aromatic rings. The monoisotopic (exact) mass is 304 g/mol. The largest absolute Gasteiger partial charge is 0.480 e. The van der Waals surface area contributed by atoms with E-state index in [1.807, 2.05) is 18.2 Å². The van der Waals surface area contributed by atoms with Crippen molar-refractivity contribution in [1.29, 1.82) is 0 Å². The molecule has 110 valence electrons. The van der Waals surface area contributed by atoms with Crippen LogP contribution >= 0.6 is 11.6 Å². The molecule has 1 aromatic carbocycles. The van der Waals surface area contributed by atoms with Crippen LogP contribution in [0.5, 0.6) is 0 Å². The predicted molar refractivity (Wildman–Crippen MR) is 81.8 cm³/mol. The molecule has 3 unspecified atom stereocenters. The topological polar surface area (TPSA) is 56.3 Å². The van der Waals surface area contributed by atoms with Crippen molar-refractivity contribution in [3.63, 3.8) is 0 Å². The Hall–Kier alpha value is -1.52. The minimum atomic E-state index is -0.777. The number of aromatic nitrogens is 1. The second-order valence-electron chi connectivity index (χ2n) is 6.20. The van der Waals surface area contributed by atoms with E-state index in [2.05, 4.69) is 16.8 Å². The molecule has 1 aromatic heterocycles. The lowest BCUT2D eigenvalue weighted by Crippen LogP contribution is -2.42. The van der Waals surface area contributed by atoms with Crippen LogP contribution < -0.4 is 0 Å². The summed E-state index contributed by atoms with van der Waals surface area (Å²) >= 11 is 6.17. The minimum Gasteiger partial charge on any atom is -0.480 e. The van der Waals surface area contributed by atoms with E-state index >= 15 is 0 Å². The van der Waals surface area contributed by atoms with Gasteiger partial charge in [0.25, 0.3) is 0 Å². The molecule has 4 rings (SSSR count). The zero-order chi connectivity index (χ0) is 14.8. The Kier molecular flexibility index (Phi) is 2.66. The van der Waals surface area contributed by atoms with Crippen molar-refractivity contribution < 1.29 is 9.90 Å². The molecular weight excluding hydrogens is 288 g/mol. The van der Waals surface area contributed by atoms with Crippen LogP contribution in [-0.2, 0) is 10.2 Å². The summed E-state index contributed by atoms with van der Waals surface area (Å²) in [6, 6.07) is 5.20. The van der Waals surface area contributed by atoms with E-state index in [1.165, 1.54) is 5.56 Å². The van der Waals surface area contributed by atoms with Crippen molar-refractivity contribution in [2.45, 2.75) is 31.2 Å². The van der Waals surface area contributed by atoms with Gasteiger partial charge in [0.05, 0.1) is 0 Å². The van der Waals surface area contributed by atoms with E-state index in [-0.39, 0.29) is 5.41 Å². The van der Waals surface area contributed by atoms with Gasteiger partial charge in [0, 0.05) is 40.1 Å². The van der Waals surface area contributed by atoms with Gasteiger partial charge in [-0.2, -0.15) is 0 Å². The molecule has 0 amide bonds. The normalized spacial score (nSPS) is 30.6. The maximum absolute atomic E-state index is 11.8. The highest BCUT2D eigenvalue weighted by molar-refractivity contribution is 6.31. The number of fused-ring (bicyclic) bond motifs is 6. The number of carboxylic acid groups (broad SMARTS) is 1. The predicted octanol–water partition coefficient (Wildman–Crippen LogP) is 3.31. The highest BCUT2D eigenvalue weighted by Crippen LogP contribution is 2.51. The van der Waals surface area contributed by atoms with Gasteiger partial charge in [0.15, 0.2) is 0 Å². The maximum Gasteiger partial charge on any atom is 0.327 e. The summed E-state index contributed by atoms with van der Waals surface area (Å²) in [6.45, 7) is 3.86. The molecule has 21 heavy (non-hydrogen) atoms. The number of hydrogen-bond acceptors (Lipinski definition) is 2. The van der Waals surface area contributed by atoms with E-state index in [4.69, 9.17) is 11.6 Å². The number of aliphatic carboxylic acids is 1. The molecule has 2 aliphatic rings. The summed E-state index contributed by atoms with van der Waals surface area (Å²) < 4.78 is 0. The van der Waals surface area contributed by atoms with Crippen molar-refractivity contribution in [3.05, 3.63) is 34.5 Å². The number of carboxylic acids is 1. The van der Waals surface area contributed by atoms with Gasteiger partial charge in [0.1, 0.15) is 6.04 Å². The molecule has 2 aliphatic heterocycles. The Balaban J connectivity index is 2.07. The molecule has 0 radical (unpaired) electrons. The third kappa shape index (κ3) is 1.63. The Bertz CT molecular complexity index is 754. The Morgan fingerprint density at radius 2 is 2.38 bits per heavy atom. The molecule has 2 N–H and O–H groups in total. The molecule has 0 aliphatic carbocycles. The van der Waals surface area contributed by atoms with Crippen LogP contribution in [0.15, 0.2) is 18.2 Å². The standard InChI is InChI=1S/C16H17ClN2O2/c1-2-16-5-6-19(8-16)14(15(20)21)13-12(16)10-7-9(17)3-4-11(10)18-13/h3-4,7,14,18H,2,5-6,8H2,1H3,(H,20,21). The van der Waals surface area contributed by atoms with Crippen molar-refractivity contribution in [1.82, 2.24) is 9.88 Å². The van der Waals surface area contributed by atoms with E-state index in [0.717, 1.165) is 42.5 Å². The van der Waals surface area contributed by atoms with E-state index in [9.17, 15) is 9.90 Å². The van der Waals surface area contributed by atoms with Gasteiger partial charge in [-0.05, 0) is 36.6 Å². The number of nitrogens with zero attached hydrogens (tertiary/aromatic N) is 1. The fourth-order valence-corrected chi connectivity index (χ4v) is 4.39. The first kappa shape index (κ1) is 13.2. The third-order valence-electron chi connectivity index (χ3n) is 5.25. The quantitative estimate of drug-likeness (QED) is 0.895. The second kappa shape index (κ2) is 4.24. The Labute approximate surface area is 127 Å². The number of benzene rings is 1. The lowest BCUT2D eigenvalue weighted by Gasteiger charge is -2.37. The van der Waals surface area contributed by atoms with Gasteiger partial charge < -0.3 is 10.1 Å². The van der Waals surface area contributed by atoms with E-state index in [1.54, 1.807) is 0 Å². The number of hydrogen-bond donors (Lipinski definition) is 2. The highest BCUT2D eigenvalue weighted by atomic mass is 35.5. The van der Waals surface area contributed by atoms with Crippen LogP contribution in [0.3, 0.4) is 0 Å². The summed E-state index contributed by atoms with van der Waals surface area (Å²) in [7, 11) is 0. The smallest absolute Gasteiger partial charge is 0.327 e. The van der Waals surface area contributed by atoms with Gasteiger partial charge in [0.2, 0.25) is 0 Å². The summed E-state index contributed by atoms with van der Waals surface area (Å²) in [6.07, 6.45) is 2.03. The van der Waals surface area contributed by atoms with Crippen LogP contribution in [0, 0.1) is 0 Å². The number of aromatic amines is 1. The van der Waals surface area contributed by atoms with E-state index < -0.39 is 12.0 Å². The lowest BCUT2D eigenvalue weighted by molar-refractivity contribution is -0.143. The molecule has 0 spiro atoms. The van der Waals surface area contributed by atoms with Crippen LogP contribution in [0.25, 0.3) is 10.9 Å². The molecule has 3 atom stereocenters. The Morgan fingerprint density at radius 1 is 1.57 bits per heavy atom. The molecule has 3 heterocycles. The highest BCUT2D eigenvalue weighted by Gasteiger charge is 2.51. The fraction of sp³-hybridized carbons (Fsp3) is 0.438. The average molecular weight is 305 g/mol. The summed E-state index contributed by atoms with van der Waals surface area (Å²) in [5, 5.41) is 11.4. The fourth-order valence-electron chi connectivity index (χ4n) is 4.22. The second-order valence-corrected chi connectivity index (χ2v) is 6.64. The number of carbonyl (C=O) groups is 1. The average Bonchev–Trinajstić information content (AvgIpc) is 2.99. The zero-order valence-electron chi connectivity index (χ0n) is 11.8. The SMILES string of the molecule is CCC12CCN(C1)C(C(=O)O)c1[nH]c3ccc(Cl)cc3c12. The number of H-pyrrole nitrogens is 1. The minimum absolute atomic E-state index is 0.0597. The van der Waals surface area contributed by atoms with Gasteiger partial charge in [-0.3, -0.25) is 9.69 Å². The first-order chi connectivity index (χ1) is 10.1. The van der Waals surface area contributed by atoms with E-state index in [0.29, 0.717) is 5.02 Å². The van der Waals surface area contributed by atoms with Crippen molar-refractivity contribution in [3.8, 4) is 0 Å². The number of nitrogens with one attached hydrogen (secondary N) is 1. The number of halogens is 1. The summed E-state index contributed by atoms with van der Waals surface area (Å²) in [5.41, 5.74) is 3.08. The molecular formula is C16H17ClN2O2. The van der Waals surface area contributed by atoms with Crippen LogP contribution in [0.1, 0.15) is 37.1 Å². The van der Waals surface area contributed by atoms with Gasteiger partial charge in [-0.25, -0.2) is 0 Å². The Morgan fingerprint density at radius 3 is 3.10 bits per heavy atom. The van der Waals surface area contributed by atoms with Crippen molar-refractivity contribution in [2.24, 2.45) is 0 Å². The molecule has 1 fully saturated rings. The number of rotatable bonds is 2. The molecule has 0 saturated carbocycles. The maximum atomic E-state index is 11.8. The first-order valence-corrected chi connectivity index (χ1v) is 7.72. The van der Waals surface area contributed by atoms with Gasteiger partial charge >= 0.3 is 5.97 Å². The van der Waals surface area contributed by atoms with Crippen molar-refractivity contribution in [2.75, 3.05) is 13.1 Å². The molecule has 5 heteroatoms.